The number of likely N-dealkylation sites (N-methyl/N-ethyl adjacent to an activating group) is 1. The minimum absolute atomic E-state index is 0.195. The molecule has 1 unspecified atom stereocenters. The van der Waals surface area contributed by atoms with Gasteiger partial charge in [0.15, 0.2) is 12.3 Å². The molecule has 0 aliphatic carbocycles. The van der Waals surface area contributed by atoms with Crippen molar-refractivity contribution in [3.05, 3.63) is 46.4 Å². The monoisotopic (exact) mass is 381 g/mol. The van der Waals surface area contributed by atoms with Crippen LogP contribution in [-0.4, -0.2) is 39.7 Å². The van der Waals surface area contributed by atoms with E-state index < -0.39 is 5.97 Å². The second-order valence-electron chi connectivity index (χ2n) is 5.88. The number of anilines is 1. The summed E-state index contributed by atoms with van der Waals surface area (Å²) in [5.41, 5.74) is 0.906. The number of aryl methyl sites for hydroxylation is 1. The minimum Gasteiger partial charge on any atom is -0.495 e. The first-order valence-corrected chi connectivity index (χ1v) is 8.34. The number of carbonyl (C=O) groups excluding carboxylic acids is 2. The summed E-state index contributed by atoms with van der Waals surface area (Å²) in [6.45, 7) is 2.34. The second kappa shape index (κ2) is 8.73. The molecule has 0 aliphatic rings. The number of amides is 1. The molecule has 140 valence electrons. The van der Waals surface area contributed by atoms with E-state index in [0.29, 0.717) is 40.1 Å². The molecule has 0 saturated heterocycles. The maximum Gasteiger partial charge on any atom is 0.341 e. The number of nitrogens with one attached hydrogen (secondary N) is 2. The van der Waals surface area contributed by atoms with Gasteiger partial charge in [0.25, 0.3) is 5.91 Å². The molecule has 1 aromatic heterocycles. The number of benzene rings is 1. The lowest BCUT2D eigenvalue weighted by Crippen LogP contribution is -3.08. The van der Waals surface area contributed by atoms with Crippen LogP contribution in [0, 0.1) is 6.92 Å². The number of ether oxygens (including phenoxy) is 2. The summed E-state index contributed by atoms with van der Waals surface area (Å²) in [5.74, 6) is 0.992. The van der Waals surface area contributed by atoms with Crippen molar-refractivity contribution < 1.29 is 28.4 Å². The number of hydrogen-bond acceptors (Lipinski definition) is 5. The Bertz CT molecular complexity index is 803. The highest BCUT2D eigenvalue weighted by atomic mass is 35.5. The fourth-order valence-corrected chi connectivity index (χ4v) is 2.72. The Balaban J connectivity index is 1.97. The Morgan fingerprint density at radius 2 is 2.00 bits per heavy atom. The van der Waals surface area contributed by atoms with Crippen molar-refractivity contribution in [2.75, 3.05) is 33.1 Å². The maximum atomic E-state index is 12.3. The number of esters is 1. The molecule has 7 nitrogen and oxygen atoms in total. The molecule has 0 bridgehead atoms. The number of halogens is 1. The van der Waals surface area contributed by atoms with Crippen molar-refractivity contribution in [2.24, 2.45) is 0 Å². The standard InChI is InChI=1S/C18H21ClN2O5/c1-11-14(18(23)25-4)8-13(26-11)9-21(2)10-17(22)20-15-7-12(19)5-6-16(15)24-3/h5-8H,9-10H2,1-4H3,(H,20,22)/p+1. The Labute approximate surface area is 156 Å². The Kier molecular flexibility index (Phi) is 6.65. The summed E-state index contributed by atoms with van der Waals surface area (Å²) in [4.78, 5) is 24.8. The number of quaternary nitrogens is 1. The molecule has 0 aliphatic heterocycles. The molecule has 0 radical (unpaired) electrons. The Hall–Kier alpha value is -2.51. The van der Waals surface area contributed by atoms with Gasteiger partial charge in [0.2, 0.25) is 0 Å². The molecule has 26 heavy (non-hydrogen) atoms. The predicted octanol–water partition coefficient (Wildman–Crippen LogP) is 1.69. The molecule has 1 atom stereocenters. The molecule has 2 N–H and O–H groups in total. The average Bonchev–Trinajstić information content (AvgIpc) is 2.94. The zero-order valence-corrected chi connectivity index (χ0v) is 15.9. The number of hydrogen-bond donors (Lipinski definition) is 2. The smallest absolute Gasteiger partial charge is 0.341 e. The Morgan fingerprint density at radius 3 is 2.65 bits per heavy atom. The number of rotatable bonds is 7. The molecule has 2 rings (SSSR count). The van der Waals surface area contributed by atoms with Gasteiger partial charge in [0, 0.05) is 11.1 Å². The van der Waals surface area contributed by atoms with Crippen molar-refractivity contribution in [3.63, 3.8) is 0 Å². The van der Waals surface area contributed by atoms with E-state index in [1.165, 1.54) is 14.2 Å². The van der Waals surface area contributed by atoms with Crippen LogP contribution in [0.1, 0.15) is 21.9 Å². The summed E-state index contributed by atoms with van der Waals surface area (Å²) in [7, 11) is 4.69. The molecule has 1 heterocycles. The lowest BCUT2D eigenvalue weighted by Gasteiger charge is -2.14. The first-order chi connectivity index (χ1) is 12.3. The van der Waals surface area contributed by atoms with Gasteiger partial charge in [-0.1, -0.05) is 11.6 Å². The maximum absolute atomic E-state index is 12.3. The molecule has 0 saturated carbocycles. The van der Waals surface area contributed by atoms with E-state index in [0.717, 1.165) is 4.90 Å². The van der Waals surface area contributed by atoms with E-state index in [-0.39, 0.29) is 12.5 Å². The largest absolute Gasteiger partial charge is 0.495 e. The van der Waals surface area contributed by atoms with E-state index in [9.17, 15) is 9.59 Å². The molecule has 1 amide bonds. The minimum atomic E-state index is -0.444. The van der Waals surface area contributed by atoms with Crippen LogP contribution < -0.4 is 15.0 Å². The van der Waals surface area contributed by atoms with E-state index in [1.54, 1.807) is 31.2 Å². The van der Waals surface area contributed by atoms with Gasteiger partial charge in [0.05, 0.1) is 27.0 Å². The SMILES string of the molecule is COC(=O)c1cc(C[NH+](C)CC(=O)Nc2cc(Cl)ccc2OC)oc1C. The fourth-order valence-electron chi connectivity index (χ4n) is 2.55. The number of methoxy groups -OCH3 is 2. The third kappa shape index (κ3) is 5.00. The van der Waals surface area contributed by atoms with Gasteiger partial charge < -0.3 is 24.1 Å². The summed E-state index contributed by atoms with van der Waals surface area (Å²) >= 11 is 5.96. The molecule has 8 heteroatoms. The molecule has 2 aromatic rings. The fraction of sp³-hybridized carbons (Fsp3) is 0.333. The van der Waals surface area contributed by atoms with Crippen LogP contribution in [-0.2, 0) is 16.1 Å². The Morgan fingerprint density at radius 1 is 1.27 bits per heavy atom. The van der Waals surface area contributed by atoms with Crippen molar-refractivity contribution in [3.8, 4) is 5.75 Å². The topological polar surface area (TPSA) is 82.2 Å². The predicted molar refractivity (Wildman–Crippen MR) is 96.9 cm³/mol. The van der Waals surface area contributed by atoms with Gasteiger partial charge >= 0.3 is 5.97 Å². The van der Waals surface area contributed by atoms with Crippen molar-refractivity contribution in [1.82, 2.24) is 0 Å². The first kappa shape index (κ1) is 19.8. The molecular formula is C18H22ClN2O5+. The summed E-state index contributed by atoms with van der Waals surface area (Å²) in [5, 5.41) is 3.29. The van der Waals surface area contributed by atoms with Gasteiger partial charge in [-0.05, 0) is 25.1 Å². The zero-order chi connectivity index (χ0) is 19.3. The van der Waals surface area contributed by atoms with E-state index in [4.69, 9.17) is 25.5 Å². The van der Waals surface area contributed by atoms with Crippen molar-refractivity contribution in [2.45, 2.75) is 13.5 Å². The lowest BCUT2D eigenvalue weighted by atomic mass is 10.2. The van der Waals surface area contributed by atoms with E-state index in [1.807, 2.05) is 7.05 Å². The first-order valence-electron chi connectivity index (χ1n) is 7.96. The van der Waals surface area contributed by atoms with Gasteiger partial charge in [-0.3, -0.25) is 4.79 Å². The number of carbonyl (C=O) groups is 2. The molecular weight excluding hydrogens is 360 g/mol. The highest BCUT2D eigenvalue weighted by Crippen LogP contribution is 2.27. The van der Waals surface area contributed by atoms with Crippen molar-refractivity contribution in [1.29, 1.82) is 0 Å². The number of furan rings is 1. The van der Waals surface area contributed by atoms with Gasteiger partial charge in [-0.25, -0.2) is 4.79 Å². The van der Waals surface area contributed by atoms with Crippen LogP contribution in [0.2, 0.25) is 5.02 Å². The van der Waals surface area contributed by atoms with Crippen LogP contribution in [0.25, 0.3) is 0 Å². The zero-order valence-electron chi connectivity index (χ0n) is 15.1. The highest BCUT2D eigenvalue weighted by Gasteiger charge is 2.19. The van der Waals surface area contributed by atoms with E-state index >= 15 is 0 Å². The third-order valence-corrected chi connectivity index (χ3v) is 3.98. The summed E-state index contributed by atoms with van der Waals surface area (Å²) in [6, 6.07) is 6.65. The van der Waals surface area contributed by atoms with Crippen LogP contribution in [0.15, 0.2) is 28.7 Å². The average molecular weight is 382 g/mol. The lowest BCUT2D eigenvalue weighted by molar-refractivity contribution is -0.886. The normalized spacial score (nSPS) is 11.7. The molecule has 1 aromatic carbocycles. The summed E-state index contributed by atoms with van der Waals surface area (Å²) < 4.78 is 15.5. The second-order valence-corrected chi connectivity index (χ2v) is 6.31. The highest BCUT2D eigenvalue weighted by molar-refractivity contribution is 6.31. The van der Waals surface area contributed by atoms with Crippen LogP contribution in [0.5, 0.6) is 5.75 Å². The molecule has 0 fully saturated rings. The molecule has 0 spiro atoms. The van der Waals surface area contributed by atoms with Crippen LogP contribution in [0.3, 0.4) is 0 Å². The van der Waals surface area contributed by atoms with Crippen molar-refractivity contribution >= 4 is 29.2 Å². The van der Waals surface area contributed by atoms with Crippen LogP contribution >= 0.6 is 11.6 Å². The van der Waals surface area contributed by atoms with Crippen LogP contribution in [0.4, 0.5) is 5.69 Å². The summed E-state index contributed by atoms with van der Waals surface area (Å²) in [6.07, 6.45) is 0. The van der Waals surface area contributed by atoms with Gasteiger partial charge in [-0.15, -0.1) is 0 Å². The van der Waals surface area contributed by atoms with E-state index in [2.05, 4.69) is 5.32 Å². The quantitative estimate of drug-likeness (QED) is 0.713. The third-order valence-electron chi connectivity index (χ3n) is 3.75. The van der Waals surface area contributed by atoms with Gasteiger partial charge in [0.1, 0.15) is 23.6 Å². The van der Waals surface area contributed by atoms with Gasteiger partial charge in [-0.2, -0.15) is 0 Å².